The van der Waals surface area contributed by atoms with Crippen LogP contribution in [0.15, 0.2) is 35.7 Å². The minimum absolute atomic E-state index is 0.0174. The fourth-order valence-corrected chi connectivity index (χ4v) is 4.55. The number of rotatable bonds is 6. The van der Waals surface area contributed by atoms with Crippen molar-refractivity contribution in [3.63, 3.8) is 0 Å². The Morgan fingerprint density at radius 1 is 1.38 bits per heavy atom. The number of benzene rings is 1. The van der Waals surface area contributed by atoms with Crippen LogP contribution in [0.2, 0.25) is 0 Å². The summed E-state index contributed by atoms with van der Waals surface area (Å²) in [6.07, 6.45) is 3.13. The van der Waals surface area contributed by atoms with Crippen LogP contribution in [-0.2, 0) is 16.0 Å². The maximum atomic E-state index is 12.8. The minimum Gasteiger partial charge on any atom is -0.459 e. The number of ether oxygens (including phenoxy) is 1. The van der Waals surface area contributed by atoms with E-state index in [1.165, 1.54) is 16.9 Å². The van der Waals surface area contributed by atoms with Crippen LogP contribution in [0.1, 0.15) is 57.2 Å². The monoisotopic (exact) mass is 372 g/mol. The molecular formula is C21H28N2O2S. The van der Waals surface area contributed by atoms with Crippen LogP contribution in [0.5, 0.6) is 0 Å². The molecule has 26 heavy (non-hydrogen) atoms. The van der Waals surface area contributed by atoms with E-state index < -0.39 is 0 Å². The third-order valence-corrected chi connectivity index (χ3v) is 6.65. The molecule has 5 heteroatoms. The highest BCUT2D eigenvalue weighted by Crippen LogP contribution is 2.42. The van der Waals surface area contributed by atoms with Crippen molar-refractivity contribution in [2.45, 2.75) is 58.0 Å². The Morgan fingerprint density at radius 2 is 2.12 bits per heavy atom. The van der Waals surface area contributed by atoms with Gasteiger partial charge in [0.25, 0.3) is 0 Å². The average molecular weight is 373 g/mol. The van der Waals surface area contributed by atoms with E-state index >= 15 is 0 Å². The van der Waals surface area contributed by atoms with Gasteiger partial charge < -0.3 is 10.5 Å². The predicted octanol–water partition coefficient (Wildman–Crippen LogP) is 4.81. The molecule has 0 radical (unpaired) electrons. The van der Waals surface area contributed by atoms with E-state index in [9.17, 15) is 4.79 Å². The highest BCUT2D eigenvalue weighted by Gasteiger charge is 2.43. The van der Waals surface area contributed by atoms with Crippen LogP contribution in [0.25, 0.3) is 0 Å². The molecule has 2 unspecified atom stereocenters. The van der Waals surface area contributed by atoms with Crippen molar-refractivity contribution in [1.82, 2.24) is 4.98 Å². The summed E-state index contributed by atoms with van der Waals surface area (Å²) in [5, 5.41) is 2.50. The van der Waals surface area contributed by atoms with Gasteiger partial charge in [0.15, 0.2) is 5.13 Å². The molecule has 0 bridgehead atoms. The largest absolute Gasteiger partial charge is 0.459 e. The fourth-order valence-electron chi connectivity index (χ4n) is 3.91. The Labute approximate surface area is 159 Å². The van der Waals surface area contributed by atoms with E-state index in [4.69, 9.17) is 10.5 Å². The first kappa shape index (κ1) is 18.9. The Hall–Kier alpha value is -1.88. The van der Waals surface area contributed by atoms with Gasteiger partial charge in [-0.3, -0.25) is 4.79 Å². The van der Waals surface area contributed by atoms with Crippen molar-refractivity contribution in [1.29, 1.82) is 0 Å². The second-order valence-electron chi connectivity index (χ2n) is 7.79. The van der Waals surface area contributed by atoms with Gasteiger partial charge in [-0.25, -0.2) is 4.98 Å². The molecule has 3 rings (SSSR count). The van der Waals surface area contributed by atoms with E-state index in [1.807, 2.05) is 23.6 Å². The van der Waals surface area contributed by atoms with E-state index in [0.29, 0.717) is 23.4 Å². The van der Waals surface area contributed by atoms with E-state index in [2.05, 4.69) is 37.9 Å². The van der Waals surface area contributed by atoms with Gasteiger partial charge in [0.1, 0.15) is 5.60 Å². The molecule has 1 heterocycles. The Bertz CT molecular complexity index is 745. The zero-order valence-electron chi connectivity index (χ0n) is 15.8. The van der Waals surface area contributed by atoms with Crippen molar-refractivity contribution >= 4 is 22.4 Å². The van der Waals surface area contributed by atoms with Crippen LogP contribution in [0.4, 0.5) is 5.13 Å². The molecule has 140 valence electrons. The summed E-state index contributed by atoms with van der Waals surface area (Å²) in [6, 6.07) is 10.2. The Morgan fingerprint density at radius 3 is 2.69 bits per heavy atom. The van der Waals surface area contributed by atoms with Crippen molar-refractivity contribution in [3.8, 4) is 0 Å². The SMILES string of the molecule is CC1CCC(C)(OC(=O)C[C@H](Cc2ccccc2)c2csc(N)n2)[C@H]1C. The number of esters is 1. The number of aromatic nitrogens is 1. The molecule has 2 N–H and O–H groups in total. The predicted molar refractivity (Wildman–Crippen MR) is 106 cm³/mol. The zero-order chi connectivity index (χ0) is 18.7. The van der Waals surface area contributed by atoms with Crippen molar-refractivity contribution < 1.29 is 9.53 Å². The lowest BCUT2D eigenvalue weighted by Crippen LogP contribution is -2.36. The van der Waals surface area contributed by atoms with Crippen LogP contribution < -0.4 is 5.73 Å². The molecule has 4 atom stereocenters. The third kappa shape index (κ3) is 4.26. The Kier molecular flexibility index (Phi) is 5.66. The quantitative estimate of drug-likeness (QED) is 0.739. The molecule has 4 nitrogen and oxygen atoms in total. The molecule has 1 aliphatic rings. The number of anilines is 1. The van der Waals surface area contributed by atoms with E-state index in [0.717, 1.165) is 25.0 Å². The molecular weight excluding hydrogens is 344 g/mol. The fraction of sp³-hybridized carbons (Fsp3) is 0.524. The van der Waals surface area contributed by atoms with Gasteiger partial charge in [0.05, 0.1) is 12.1 Å². The number of thiazole rings is 1. The summed E-state index contributed by atoms with van der Waals surface area (Å²) in [4.78, 5) is 17.2. The van der Waals surface area contributed by atoms with Crippen molar-refractivity contribution in [2.75, 3.05) is 5.73 Å². The number of nitrogens with zero attached hydrogens (tertiary/aromatic N) is 1. The highest BCUT2D eigenvalue weighted by molar-refractivity contribution is 7.13. The second-order valence-corrected chi connectivity index (χ2v) is 8.68. The first-order valence-corrected chi connectivity index (χ1v) is 10.2. The van der Waals surface area contributed by atoms with Crippen LogP contribution >= 0.6 is 11.3 Å². The Balaban J connectivity index is 1.72. The maximum absolute atomic E-state index is 12.8. The average Bonchev–Trinajstić information content (AvgIpc) is 3.15. The number of nitrogens with two attached hydrogens (primary N) is 1. The first-order chi connectivity index (χ1) is 12.4. The van der Waals surface area contributed by atoms with Gasteiger partial charge >= 0.3 is 5.97 Å². The van der Waals surface area contributed by atoms with Gasteiger partial charge in [-0.15, -0.1) is 11.3 Å². The standard InChI is InChI=1S/C21H28N2O2S/c1-14-9-10-21(3,15(14)2)25-19(24)12-17(18-13-26-20(22)23-18)11-16-7-5-4-6-8-16/h4-8,13-15,17H,9-12H2,1-3H3,(H2,22,23)/t14?,15-,17-,21?/m0/s1. The lowest BCUT2D eigenvalue weighted by molar-refractivity contribution is -0.162. The number of nitrogen functional groups attached to an aromatic ring is 1. The van der Waals surface area contributed by atoms with Gasteiger partial charge in [-0.2, -0.15) is 0 Å². The molecule has 1 aromatic carbocycles. The first-order valence-electron chi connectivity index (χ1n) is 9.34. The summed E-state index contributed by atoms with van der Waals surface area (Å²) < 4.78 is 5.98. The smallest absolute Gasteiger partial charge is 0.307 e. The number of carbonyl (C=O) groups excluding carboxylic acids is 1. The number of hydrogen-bond acceptors (Lipinski definition) is 5. The minimum atomic E-state index is -0.352. The van der Waals surface area contributed by atoms with Gasteiger partial charge in [-0.1, -0.05) is 44.2 Å². The number of carbonyl (C=O) groups is 1. The summed E-state index contributed by atoms with van der Waals surface area (Å²) in [6.45, 7) is 6.50. The summed E-state index contributed by atoms with van der Waals surface area (Å²) in [7, 11) is 0. The van der Waals surface area contributed by atoms with Gasteiger partial charge in [0, 0.05) is 11.3 Å². The van der Waals surface area contributed by atoms with Crippen molar-refractivity contribution in [3.05, 3.63) is 47.0 Å². The lowest BCUT2D eigenvalue weighted by atomic mass is 9.89. The topological polar surface area (TPSA) is 65.2 Å². The molecule has 1 fully saturated rings. The van der Waals surface area contributed by atoms with Crippen LogP contribution in [0, 0.1) is 11.8 Å². The summed E-state index contributed by atoms with van der Waals surface area (Å²) >= 11 is 1.42. The number of hydrogen-bond donors (Lipinski definition) is 1. The third-order valence-electron chi connectivity index (χ3n) is 5.96. The molecule has 1 aromatic heterocycles. The van der Waals surface area contributed by atoms with Gasteiger partial charge in [0.2, 0.25) is 0 Å². The van der Waals surface area contributed by atoms with E-state index in [1.54, 1.807) is 0 Å². The van der Waals surface area contributed by atoms with E-state index in [-0.39, 0.29) is 17.5 Å². The zero-order valence-corrected chi connectivity index (χ0v) is 16.6. The molecule has 0 amide bonds. The maximum Gasteiger partial charge on any atom is 0.307 e. The van der Waals surface area contributed by atoms with Crippen LogP contribution in [0.3, 0.4) is 0 Å². The second kappa shape index (κ2) is 7.78. The molecule has 0 spiro atoms. The molecule has 1 aliphatic carbocycles. The lowest BCUT2D eigenvalue weighted by Gasteiger charge is -2.31. The molecule has 1 saturated carbocycles. The molecule has 0 aliphatic heterocycles. The normalized spacial score (nSPS) is 26.6. The van der Waals surface area contributed by atoms with Gasteiger partial charge in [-0.05, 0) is 43.6 Å². The molecule has 2 aromatic rings. The highest BCUT2D eigenvalue weighted by atomic mass is 32.1. The van der Waals surface area contributed by atoms with Crippen LogP contribution in [-0.4, -0.2) is 16.6 Å². The van der Waals surface area contributed by atoms with Crippen molar-refractivity contribution in [2.24, 2.45) is 11.8 Å². The summed E-state index contributed by atoms with van der Waals surface area (Å²) in [5.74, 6) is 0.817. The molecule has 0 saturated heterocycles. The summed E-state index contributed by atoms with van der Waals surface area (Å²) in [5.41, 5.74) is 7.53.